The van der Waals surface area contributed by atoms with Crippen molar-refractivity contribution in [3.05, 3.63) is 78.4 Å². The quantitative estimate of drug-likeness (QED) is 0.566. The van der Waals surface area contributed by atoms with Crippen LogP contribution in [0.1, 0.15) is 5.56 Å². The van der Waals surface area contributed by atoms with Gasteiger partial charge in [-0.2, -0.15) is 0 Å². The molecule has 28 heavy (non-hydrogen) atoms. The van der Waals surface area contributed by atoms with E-state index in [-0.39, 0.29) is 4.90 Å². The first kappa shape index (κ1) is 19.7. The second kappa shape index (κ2) is 8.77. The topological polar surface area (TPSA) is 90.6 Å². The lowest BCUT2D eigenvalue weighted by molar-refractivity contribution is 0.409. The fourth-order valence-electron chi connectivity index (χ4n) is 2.58. The van der Waals surface area contributed by atoms with Gasteiger partial charge in [0.1, 0.15) is 17.2 Å². The van der Waals surface area contributed by atoms with Gasteiger partial charge < -0.3 is 15.2 Å². The molecule has 0 aromatic heterocycles. The normalized spacial score (nSPS) is 11.2. The smallest absolute Gasteiger partial charge is 0.240 e. The SMILES string of the molecule is COc1cccc(Oc2ccc(CCNS(=O)(=O)c3ccc(N)cc3)cc2)c1. The van der Waals surface area contributed by atoms with Gasteiger partial charge in [-0.25, -0.2) is 13.1 Å². The number of rotatable bonds is 8. The summed E-state index contributed by atoms with van der Waals surface area (Å²) in [4.78, 5) is 0.198. The Morgan fingerprint density at radius 1 is 0.893 bits per heavy atom. The van der Waals surface area contributed by atoms with E-state index < -0.39 is 10.0 Å². The van der Waals surface area contributed by atoms with Crippen molar-refractivity contribution in [1.82, 2.24) is 4.72 Å². The molecule has 0 saturated carbocycles. The van der Waals surface area contributed by atoms with Gasteiger partial charge in [0, 0.05) is 18.3 Å². The minimum atomic E-state index is -3.54. The van der Waals surface area contributed by atoms with Crippen molar-refractivity contribution in [2.45, 2.75) is 11.3 Å². The van der Waals surface area contributed by atoms with Crippen LogP contribution in [0, 0.1) is 0 Å². The van der Waals surface area contributed by atoms with Gasteiger partial charge in [0.15, 0.2) is 0 Å². The number of hydrogen-bond donors (Lipinski definition) is 2. The van der Waals surface area contributed by atoms with E-state index >= 15 is 0 Å². The summed E-state index contributed by atoms with van der Waals surface area (Å²) in [5.41, 5.74) is 7.11. The van der Waals surface area contributed by atoms with Crippen LogP contribution < -0.4 is 19.9 Å². The van der Waals surface area contributed by atoms with Crippen molar-refractivity contribution < 1.29 is 17.9 Å². The van der Waals surface area contributed by atoms with Crippen LogP contribution in [0.15, 0.2) is 77.7 Å². The van der Waals surface area contributed by atoms with E-state index in [1.807, 2.05) is 42.5 Å². The van der Waals surface area contributed by atoms with Gasteiger partial charge in [0.05, 0.1) is 12.0 Å². The summed E-state index contributed by atoms with van der Waals surface area (Å²) in [6.45, 7) is 0.294. The number of benzene rings is 3. The van der Waals surface area contributed by atoms with Crippen LogP contribution in [0.3, 0.4) is 0 Å². The second-order valence-corrected chi connectivity index (χ2v) is 7.91. The molecular formula is C21H22N2O4S. The van der Waals surface area contributed by atoms with E-state index in [4.69, 9.17) is 15.2 Å². The first-order chi connectivity index (χ1) is 13.5. The number of nitrogens with one attached hydrogen (secondary N) is 1. The molecule has 0 aliphatic rings. The second-order valence-electron chi connectivity index (χ2n) is 6.14. The Bertz CT molecular complexity index is 1020. The molecule has 3 N–H and O–H groups in total. The zero-order valence-corrected chi connectivity index (χ0v) is 16.3. The Hall–Kier alpha value is -3.03. The molecule has 3 rings (SSSR count). The maximum atomic E-state index is 12.3. The third-order valence-corrected chi connectivity index (χ3v) is 5.57. The molecule has 0 radical (unpaired) electrons. The molecule has 0 spiro atoms. The molecule has 0 unspecified atom stereocenters. The molecule has 0 bridgehead atoms. The van der Waals surface area contributed by atoms with Crippen LogP contribution in [0.5, 0.6) is 17.2 Å². The van der Waals surface area contributed by atoms with Gasteiger partial charge in [0.2, 0.25) is 10.0 Å². The average Bonchev–Trinajstić information content (AvgIpc) is 2.70. The fraction of sp³-hybridized carbons (Fsp3) is 0.143. The average molecular weight is 398 g/mol. The molecule has 3 aromatic rings. The molecule has 146 valence electrons. The lowest BCUT2D eigenvalue weighted by atomic mass is 10.1. The Morgan fingerprint density at radius 2 is 1.57 bits per heavy atom. The Morgan fingerprint density at radius 3 is 2.25 bits per heavy atom. The highest BCUT2D eigenvalue weighted by Gasteiger charge is 2.12. The number of nitrogen functional groups attached to an aromatic ring is 1. The van der Waals surface area contributed by atoms with Crippen molar-refractivity contribution in [3.63, 3.8) is 0 Å². The Labute approximate surface area is 165 Å². The van der Waals surface area contributed by atoms with Crippen molar-refractivity contribution in [2.75, 3.05) is 19.4 Å². The molecule has 0 saturated heterocycles. The fourth-order valence-corrected chi connectivity index (χ4v) is 3.62. The van der Waals surface area contributed by atoms with E-state index in [0.29, 0.717) is 30.2 Å². The monoisotopic (exact) mass is 398 g/mol. The number of nitrogens with two attached hydrogens (primary N) is 1. The molecule has 0 amide bonds. The molecule has 3 aromatic carbocycles. The maximum Gasteiger partial charge on any atom is 0.240 e. The van der Waals surface area contributed by atoms with E-state index in [1.54, 1.807) is 25.3 Å². The lowest BCUT2D eigenvalue weighted by Crippen LogP contribution is -2.25. The van der Waals surface area contributed by atoms with Crippen LogP contribution in [-0.4, -0.2) is 22.1 Å². The van der Waals surface area contributed by atoms with Crippen LogP contribution in [-0.2, 0) is 16.4 Å². The van der Waals surface area contributed by atoms with Gasteiger partial charge in [-0.15, -0.1) is 0 Å². The Kier molecular flexibility index (Phi) is 6.18. The zero-order chi connectivity index (χ0) is 20.0. The van der Waals surface area contributed by atoms with Crippen LogP contribution in [0.4, 0.5) is 5.69 Å². The molecule has 0 aliphatic carbocycles. The summed E-state index contributed by atoms with van der Waals surface area (Å²) in [5.74, 6) is 2.10. The molecule has 7 heteroatoms. The largest absolute Gasteiger partial charge is 0.497 e. The molecule has 0 fully saturated rings. The van der Waals surface area contributed by atoms with Crippen molar-refractivity contribution in [3.8, 4) is 17.2 Å². The third kappa shape index (κ3) is 5.25. The highest BCUT2D eigenvalue weighted by atomic mass is 32.2. The number of ether oxygens (including phenoxy) is 2. The minimum Gasteiger partial charge on any atom is -0.497 e. The standard InChI is InChI=1S/C21H22N2O4S/c1-26-19-3-2-4-20(15-19)27-18-9-5-16(6-10-18)13-14-23-28(24,25)21-11-7-17(22)8-12-21/h2-12,15,23H,13-14,22H2,1H3. The van der Waals surface area contributed by atoms with Gasteiger partial charge in [0.25, 0.3) is 0 Å². The Balaban J connectivity index is 1.55. The molecule has 6 nitrogen and oxygen atoms in total. The van der Waals surface area contributed by atoms with Crippen LogP contribution in [0.2, 0.25) is 0 Å². The number of anilines is 1. The summed E-state index contributed by atoms with van der Waals surface area (Å²) in [6, 6.07) is 21.0. The predicted octanol–water partition coefficient (Wildman–Crippen LogP) is 3.59. The van der Waals surface area contributed by atoms with Crippen molar-refractivity contribution in [2.24, 2.45) is 0 Å². The van der Waals surface area contributed by atoms with E-state index in [9.17, 15) is 8.42 Å². The summed E-state index contributed by atoms with van der Waals surface area (Å²) < 4.78 is 38.1. The zero-order valence-electron chi connectivity index (χ0n) is 15.5. The van der Waals surface area contributed by atoms with Gasteiger partial charge in [-0.3, -0.25) is 0 Å². The molecular weight excluding hydrogens is 376 g/mol. The maximum absolute atomic E-state index is 12.3. The summed E-state index contributed by atoms with van der Waals surface area (Å²) in [7, 11) is -1.94. The lowest BCUT2D eigenvalue weighted by Gasteiger charge is -2.09. The minimum absolute atomic E-state index is 0.198. The first-order valence-corrected chi connectivity index (χ1v) is 10.2. The molecule has 0 heterocycles. The highest BCUT2D eigenvalue weighted by Crippen LogP contribution is 2.25. The number of hydrogen-bond acceptors (Lipinski definition) is 5. The van der Waals surface area contributed by atoms with Crippen LogP contribution in [0.25, 0.3) is 0 Å². The summed E-state index contributed by atoms with van der Waals surface area (Å²) >= 11 is 0. The highest BCUT2D eigenvalue weighted by molar-refractivity contribution is 7.89. The predicted molar refractivity (Wildman–Crippen MR) is 109 cm³/mol. The summed E-state index contributed by atoms with van der Waals surface area (Å²) in [6.07, 6.45) is 0.563. The van der Waals surface area contributed by atoms with Gasteiger partial charge >= 0.3 is 0 Å². The van der Waals surface area contributed by atoms with Gasteiger partial charge in [-0.05, 0) is 60.5 Å². The van der Waals surface area contributed by atoms with Crippen molar-refractivity contribution >= 4 is 15.7 Å². The number of sulfonamides is 1. The molecule has 0 aliphatic heterocycles. The summed E-state index contributed by atoms with van der Waals surface area (Å²) in [5, 5.41) is 0. The van der Waals surface area contributed by atoms with E-state index in [2.05, 4.69) is 4.72 Å². The molecule has 0 atom stereocenters. The van der Waals surface area contributed by atoms with Gasteiger partial charge in [-0.1, -0.05) is 18.2 Å². The van der Waals surface area contributed by atoms with E-state index in [0.717, 1.165) is 11.3 Å². The third-order valence-electron chi connectivity index (χ3n) is 4.10. The first-order valence-electron chi connectivity index (χ1n) is 8.72. The van der Waals surface area contributed by atoms with E-state index in [1.165, 1.54) is 12.1 Å². The van der Waals surface area contributed by atoms with Crippen LogP contribution >= 0.6 is 0 Å². The van der Waals surface area contributed by atoms with Crippen molar-refractivity contribution in [1.29, 1.82) is 0 Å². The number of methoxy groups -OCH3 is 1.